The van der Waals surface area contributed by atoms with Gasteiger partial charge in [-0.05, 0) is 0 Å². The van der Waals surface area contributed by atoms with Crippen molar-refractivity contribution >= 4 is 10.4 Å². The Bertz CT molecular complexity index is 130. The van der Waals surface area contributed by atoms with Gasteiger partial charge in [-0.3, -0.25) is 4.55 Å². The molecule has 0 fully saturated rings. The quantitative estimate of drug-likeness (QED) is 0.168. The average molecular weight is 169 g/mol. The van der Waals surface area contributed by atoms with E-state index >= 15 is 0 Å². The molecule has 0 bridgehead atoms. The first-order chi connectivity index (χ1) is 3.00. The minimum absolute atomic E-state index is 0. The molecule has 0 rings (SSSR count). The van der Waals surface area contributed by atoms with Gasteiger partial charge in [0, 0.05) is 0 Å². The topological polar surface area (TPSA) is 101 Å². The number of rotatable bonds is 0. The molecule has 42 valence electrons. The summed E-state index contributed by atoms with van der Waals surface area (Å²) in [5, 5.41) is 6.25. The van der Waals surface area contributed by atoms with Gasteiger partial charge in [-0.1, -0.05) is 0 Å². The van der Waals surface area contributed by atoms with Gasteiger partial charge in [0.1, 0.15) is 0 Å². The monoisotopic (exact) mass is 169 g/mol. The fraction of sp³-hybridized carbons (Fsp3) is 0. The minimum Gasteiger partial charge on any atom is -0.726 e. The van der Waals surface area contributed by atoms with Crippen molar-refractivity contribution in [1.29, 1.82) is 5.26 Å². The third-order valence-electron chi connectivity index (χ3n) is 0. The van der Waals surface area contributed by atoms with Crippen LogP contribution < -0.4 is 59.1 Å². The Morgan fingerprint density at radius 1 is 1.33 bits per heavy atom. The summed E-state index contributed by atoms with van der Waals surface area (Å²) in [6.07, 6.45) is 0. The van der Waals surface area contributed by atoms with E-state index in [4.69, 9.17) is 29.4 Å². The average Bonchev–Trinajstić information content (AvgIpc) is 1.36. The van der Waals surface area contributed by atoms with Gasteiger partial charge in [0.2, 0.25) is 10.4 Å². The fourth-order valence-corrected chi connectivity index (χ4v) is 0. The normalized spacial score (nSPS) is 6.67. The zero-order valence-corrected chi connectivity index (χ0v) is 9.84. The number of hydrogen-bond acceptors (Lipinski definition) is 4. The van der Waals surface area contributed by atoms with E-state index in [0.717, 1.165) is 0 Å². The molecule has 0 saturated carbocycles. The van der Waals surface area contributed by atoms with Crippen LogP contribution in [0.3, 0.4) is 0 Å². The molecular formula is CHNNa2O4S. The largest absolute Gasteiger partial charge is 1.00 e. The van der Waals surface area contributed by atoms with Crippen LogP contribution in [0.4, 0.5) is 0 Å². The minimum atomic E-state index is -4.92. The molecule has 0 aliphatic carbocycles. The predicted octanol–water partition coefficient (Wildman–Crippen LogP) is -6.89. The van der Waals surface area contributed by atoms with Crippen LogP contribution in [-0.2, 0) is 10.4 Å². The SMILES string of the molecule is O=S(=O)([O-])O.[C-]#N.[Na+].[Na+]. The van der Waals surface area contributed by atoms with Gasteiger partial charge in [0.25, 0.3) is 0 Å². The maximum atomic E-state index is 8.63. The third-order valence-corrected chi connectivity index (χ3v) is 0. The summed E-state index contributed by atoms with van der Waals surface area (Å²) >= 11 is 0. The van der Waals surface area contributed by atoms with Crippen LogP contribution in [-0.4, -0.2) is 17.5 Å². The van der Waals surface area contributed by atoms with Gasteiger partial charge in [0.15, 0.2) is 0 Å². The maximum Gasteiger partial charge on any atom is 1.00 e. The van der Waals surface area contributed by atoms with E-state index in [2.05, 4.69) is 0 Å². The molecule has 0 unspecified atom stereocenters. The summed E-state index contributed by atoms with van der Waals surface area (Å²) in [4.78, 5) is 0. The van der Waals surface area contributed by atoms with Crippen molar-refractivity contribution in [3.8, 4) is 0 Å². The van der Waals surface area contributed by atoms with Gasteiger partial charge in [-0.2, -0.15) is 0 Å². The van der Waals surface area contributed by atoms with Gasteiger partial charge in [-0.15, -0.1) is 0 Å². The van der Waals surface area contributed by atoms with Crippen molar-refractivity contribution in [3.05, 3.63) is 6.57 Å². The third kappa shape index (κ3) is 274. The second-order valence-corrected chi connectivity index (χ2v) is 1.28. The van der Waals surface area contributed by atoms with Crippen molar-refractivity contribution in [2.24, 2.45) is 0 Å². The predicted molar refractivity (Wildman–Crippen MR) is 17.3 cm³/mol. The first-order valence-electron chi connectivity index (χ1n) is 0.906. The molecule has 0 aliphatic rings. The second kappa shape index (κ2) is 12.1. The van der Waals surface area contributed by atoms with Crippen LogP contribution in [0.2, 0.25) is 0 Å². The van der Waals surface area contributed by atoms with Crippen molar-refractivity contribution in [2.45, 2.75) is 0 Å². The molecule has 0 aromatic heterocycles. The van der Waals surface area contributed by atoms with Crippen LogP contribution in [0.1, 0.15) is 0 Å². The molecule has 0 radical (unpaired) electrons. The Kier molecular flexibility index (Phi) is 30.1. The van der Waals surface area contributed by atoms with Crippen LogP contribution in [0.5, 0.6) is 0 Å². The van der Waals surface area contributed by atoms with Crippen molar-refractivity contribution < 1.29 is 76.6 Å². The summed E-state index contributed by atoms with van der Waals surface area (Å²) in [5.41, 5.74) is 0. The molecule has 0 saturated heterocycles. The Labute approximate surface area is 97.6 Å². The fourth-order valence-electron chi connectivity index (χ4n) is 0. The van der Waals surface area contributed by atoms with Crippen LogP contribution in [0, 0.1) is 11.8 Å². The number of hydrogen-bond donors (Lipinski definition) is 1. The van der Waals surface area contributed by atoms with Gasteiger partial charge in [0.05, 0.1) is 0 Å². The Morgan fingerprint density at radius 2 is 1.33 bits per heavy atom. The smallest absolute Gasteiger partial charge is 0.726 e. The summed E-state index contributed by atoms with van der Waals surface area (Å²) < 4.78 is 32.8. The maximum absolute atomic E-state index is 8.63. The van der Waals surface area contributed by atoms with E-state index in [1.165, 1.54) is 0 Å². The summed E-state index contributed by atoms with van der Waals surface area (Å²) in [5.74, 6) is 0. The zero-order valence-electron chi connectivity index (χ0n) is 5.03. The molecule has 9 heavy (non-hydrogen) atoms. The molecule has 0 atom stereocenters. The van der Waals surface area contributed by atoms with E-state index in [9.17, 15) is 0 Å². The molecule has 0 aromatic carbocycles. The van der Waals surface area contributed by atoms with Gasteiger partial charge >= 0.3 is 59.1 Å². The van der Waals surface area contributed by atoms with E-state index < -0.39 is 10.4 Å². The van der Waals surface area contributed by atoms with Crippen molar-refractivity contribution in [3.63, 3.8) is 0 Å². The molecule has 8 heteroatoms. The number of nitrogens with zero attached hydrogens (tertiary/aromatic N) is 1. The molecule has 0 heterocycles. The molecule has 0 spiro atoms. The Balaban J connectivity index is -0.0000000286. The molecule has 0 amide bonds. The van der Waals surface area contributed by atoms with E-state index in [1.807, 2.05) is 0 Å². The molecule has 1 N–H and O–H groups in total. The van der Waals surface area contributed by atoms with Gasteiger partial charge in [-0.25, -0.2) is 8.42 Å². The van der Waals surface area contributed by atoms with Crippen LogP contribution >= 0.6 is 0 Å². The first kappa shape index (κ1) is 22.4. The summed E-state index contributed by atoms with van der Waals surface area (Å²) in [6, 6.07) is 0. The van der Waals surface area contributed by atoms with Gasteiger partial charge < -0.3 is 16.4 Å². The van der Waals surface area contributed by atoms with Crippen molar-refractivity contribution in [2.75, 3.05) is 0 Å². The Hall–Kier alpha value is 1.36. The first-order valence-corrected chi connectivity index (χ1v) is 2.27. The second-order valence-electron chi connectivity index (χ2n) is 0.428. The molecular weight excluding hydrogens is 168 g/mol. The summed E-state index contributed by atoms with van der Waals surface area (Å²) in [7, 11) is -4.92. The molecule has 0 aliphatic heterocycles. The van der Waals surface area contributed by atoms with E-state index in [-0.39, 0.29) is 59.1 Å². The van der Waals surface area contributed by atoms with E-state index in [0.29, 0.717) is 0 Å². The molecule has 5 nitrogen and oxygen atoms in total. The summed E-state index contributed by atoms with van der Waals surface area (Å²) in [6.45, 7) is 4.75. The van der Waals surface area contributed by atoms with E-state index in [1.54, 1.807) is 0 Å². The standard InChI is InChI=1S/CN.2Na.H2O4S/c1-2;;;1-5(2,3)4/h;;;(H2,1,2,3,4)/q-1;2*+1;/p-1. The van der Waals surface area contributed by atoms with Crippen molar-refractivity contribution in [1.82, 2.24) is 0 Å². The zero-order chi connectivity index (χ0) is 6.50. The molecule has 0 aromatic rings. The Morgan fingerprint density at radius 3 is 1.33 bits per heavy atom. The van der Waals surface area contributed by atoms with Crippen LogP contribution in [0.25, 0.3) is 0 Å². The van der Waals surface area contributed by atoms with Crippen LogP contribution in [0.15, 0.2) is 0 Å².